The molecule has 3 atom stereocenters. The number of hydrogen-bond donors (Lipinski definition) is 4. The van der Waals surface area contributed by atoms with Gasteiger partial charge < -0.3 is 21.1 Å². The van der Waals surface area contributed by atoms with Gasteiger partial charge in [-0.05, 0) is 17.7 Å². The predicted molar refractivity (Wildman–Crippen MR) is 63.6 cm³/mol. The molecule has 6 heteroatoms. The quantitative estimate of drug-likeness (QED) is 0.580. The third-order valence-electron chi connectivity index (χ3n) is 3.15. The van der Waals surface area contributed by atoms with Crippen molar-refractivity contribution in [3.63, 3.8) is 0 Å². The standard InChI is InChI=1S/C12H16N2O4/c13-9-5-10(15)14(11(9)16)6-7-1-3-8(4-2-7)12(17)18/h1-4,9-11,15-16H,5-6,13H2,(H,17,18)/t9-,10-,11-/m0/s1. The van der Waals surface area contributed by atoms with Crippen LogP contribution in [0.1, 0.15) is 22.3 Å². The topological polar surface area (TPSA) is 107 Å². The summed E-state index contributed by atoms with van der Waals surface area (Å²) in [5.41, 5.74) is 6.67. The Morgan fingerprint density at radius 1 is 1.33 bits per heavy atom. The van der Waals surface area contributed by atoms with Gasteiger partial charge in [0.05, 0.1) is 5.56 Å². The van der Waals surface area contributed by atoms with Crippen molar-refractivity contribution < 1.29 is 20.1 Å². The Morgan fingerprint density at radius 3 is 2.39 bits per heavy atom. The molecule has 0 spiro atoms. The minimum absolute atomic E-state index is 0.206. The number of benzene rings is 1. The van der Waals surface area contributed by atoms with Gasteiger partial charge in [-0.2, -0.15) is 0 Å². The lowest BCUT2D eigenvalue weighted by Crippen LogP contribution is -2.40. The summed E-state index contributed by atoms with van der Waals surface area (Å²) in [7, 11) is 0. The summed E-state index contributed by atoms with van der Waals surface area (Å²) < 4.78 is 0. The van der Waals surface area contributed by atoms with Crippen LogP contribution in [-0.4, -0.2) is 44.7 Å². The number of hydrogen-bond acceptors (Lipinski definition) is 5. The average Bonchev–Trinajstić information content (AvgIpc) is 2.57. The van der Waals surface area contributed by atoms with Gasteiger partial charge in [0.2, 0.25) is 0 Å². The highest BCUT2D eigenvalue weighted by molar-refractivity contribution is 5.87. The highest BCUT2D eigenvalue weighted by atomic mass is 16.4. The molecule has 0 aromatic heterocycles. The minimum Gasteiger partial charge on any atom is -0.478 e. The molecule has 1 aromatic carbocycles. The molecule has 1 aliphatic rings. The fraction of sp³-hybridized carbons (Fsp3) is 0.417. The van der Waals surface area contributed by atoms with Crippen LogP contribution >= 0.6 is 0 Å². The number of nitrogens with two attached hydrogens (primary N) is 1. The first-order valence-electron chi connectivity index (χ1n) is 5.68. The zero-order valence-corrected chi connectivity index (χ0v) is 9.73. The van der Waals surface area contributed by atoms with E-state index >= 15 is 0 Å². The maximum Gasteiger partial charge on any atom is 0.335 e. The Labute approximate surface area is 104 Å². The number of carboxylic acid groups (broad SMARTS) is 1. The first-order valence-corrected chi connectivity index (χ1v) is 5.68. The second-order valence-electron chi connectivity index (χ2n) is 4.47. The second-order valence-corrected chi connectivity index (χ2v) is 4.47. The Hall–Kier alpha value is -1.47. The smallest absolute Gasteiger partial charge is 0.335 e. The lowest BCUT2D eigenvalue weighted by Gasteiger charge is -2.24. The van der Waals surface area contributed by atoms with Gasteiger partial charge in [-0.25, -0.2) is 9.69 Å². The van der Waals surface area contributed by atoms with Gasteiger partial charge in [-0.3, -0.25) is 0 Å². The van der Waals surface area contributed by atoms with Gasteiger partial charge in [0, 0.05) is 19.0 Å². The number of aliphatic hydroxyl groups excluding tert-OH is 2. The maximum atomic E-state index is 10.7. The molecule has 1 saturated heterocycles. The van der Waals surface area contributed by atoms with Crippen molar-refractivity contribution in [1.82, 2.24) is 4.90 Å². The number of carbonyl (C=O) groups is 1. The Kier molecular flexibility index (Phi) is 3.63. The van der Waals surface area contributed by atoms with E-state index in [1.165, 1.54) is 17.0 Å². The molecule has 0 saturated carbocycles. The van der Waals surface area contributed by atoms with Crippen LogP contribution in [0.25, 0.3) is 0 Å². The molecule has 5 N–H and O–H groups in total. The van der Waals surface area contributed by atoms with Gasteiger partial charge in [0.25, 0.3) is 0 Å². The summed E-state index contributed by atoms with van der Waals surface area (Å²) in [5, 5.41) is 28.3. The van der Waals surface area contributed by atoms with Crippen molar-refractivity contribution in [3.8, 4) is 0 Å². The van der Waals surface area contributed by atoms with Gasteiger partial charge in [0.15, 0.2) is 0 Å². The zero-order chi connectivity index (χ0) is 13.3. The Morgan fingerprint density at radius 2 is 1.94 bits per heavy atom. The van der Waals surface area contributed by atoms with Crippen LogP contribution in [0.3, 0.4) is 0 Å². The van der Waals surface area contributed by atoms with Crippen LogP contribution in [0.2, 0.25) is 0 Å². The summed E-state index contributed by atoms with van der Waals surface area (Å²) in [6.07, 6.45) is -1.32. The van der Waals surface area contributed by atoms with Crippen molar-refractivity contribution in [3.05, 3.63) is 35.4 Å². The third-order valence-corrected chi connectivity index (χ3v) is 3.15. The number of nitrogens with zero attached hydrogens (tertiary/aromatic N) is 1. The number of aromatic carboxylic acids is 1. The first-order chi connectivity index (χ1) is 8.49. The molecule has 2 rings (SSSR count). The van der Waals surface area contributed by atoms with Crippen LogP contribution in [0.4, 0.5) is 0 Å². The Bertz CT molecular complexity index is 434. The lowest BCUT2D eigenvalue weighted by molar-refractivity contribution is -0.0614. The van der Waals surface area contributed by atoms with E-state index in [1.807, 2.05) is 0 Å². The number of carboxylic acids is 1. The van der Waals surface area contributed by atoms with Gasteiger partial charge >= 0.3 is 5.97 Å². The fourth-order valence-electron chi connectivity index (χ4n) is 2.09. The molecule has 0 amide bonds. The molecule has 1 heterocycles. The zero-order valence-electron chi connectivity index (χ0n) is 9.73. The molecule has 98 valence electrons. The van der Waals surface area contributed by atoms with Crippen molar-refractivity contribution in [2.24, 2.45) is 5.73 Å². The van der Waals surface area contributed by atoms with Crippen molar-refractivity contribution in [2.45, 2.75) is 31.5 Å². The molecule has 1 aromatic rings. The van der Waals surface area contributed by atoms with Crippen molar-refractivity contribution in [2.75, 3.05) is 0 Å². The van der Waals surface area contributed by atoms with E-state index in [1.54, 1.807) is 12.1 Å². The molecular weight excluding hydrogens is 236 g/mol. The van der Waals surface area contributed by atoms with Gasteiger partial charge in [0.1, 0.15) is 12.5 Å². The normalized spacial score (nSPS) is 28.5. The lowest BCUT2D eigenvalue weighted by atomic mass is 10.1. The molecule has 0 radical (unpaired) electrons. The largest absolute Gasteiger partial charge is 0.478 e. The van der Waals surface area contributed by atoms with E-state index < -0.39 is 24.5 Å². The molecule has 1 aliphatic heterocycles. The third kappa shape index (κ3) is 2.51. The molecule has 18 heavy (non-hydrogen) atoms. The number of likely N-dealkylation sites (tertiary alicyclic amines) is 1. The van der Waals surface area contributed by atoms with E-state index in [4.69, 9.17) is 10.8 Å². The summed E-state index contributed by atoms with van der Waals surface area (Å²) >= 11 is 0. The van der Waals surface area contributed by atoms with E-state index in [2.05, 4.69) is 0 Å². The number of rotatable bonds is 3. The summed E-state index contributed by atoms with van der Waals surface area (Å²) in [5.74, 6) is -0.982. The molecular formula is C12H16N2O4. The van der Waals surface area contributed by atoms with Gasteiger partial charge in [-0.15, -0.1) is 0 Å². The highest BCUT2D eigenvalue weighted by Gasteiger charge is 2.36. The maximum absolute atomic E-state index is 10.7. The SMILES string of the molecule is N[C@H]1C[C@H](O)N(Cc2ccc(C(=O)O)cc2)[C@H]1O. The Balaban J connectivity index is 2.07. The minimum atomic E-state index is -0.982. The molecule has 6 nitrogen and oxygen atoms in total. The fourth-order valence-corrected chi connectivity index (χ4v) is 2.09. The summed E-state index contributed by atoms with van der Waals surface area (Å²) in [4.78, 5) is 12.2. The van der Waals surface area contributed by atoms with Gasteiger partial charge in [-0.1, -0.05) is 12.1 Å². The predicted octanol–water partition coefficient (Wildman–Crippen LogP) is -0.445. The molecule has 0 bridgehead atoms. The van der Waals surface area contributed by atoms with Crippen molar-refractivity contribution in [1.29, 1.82) is 0 Å². The monoisotopic (exact) mass is 252 g/mol. The van der Waals surface area contributed by atoms with Crippen LogP contribution in [0.5, 0.6) is 0 Å². The van der Waals surface area contributed by atoms with E-state index in [9.17, 15) is 15.0 Å². The summed E-state index contributed by atoms with van der Waals surface area (Å²) in [6.45, 7) is 0.329. The van der Waals surface area contributed by atoms with Crippen LogP contribution in [0.15, 0.2) is 24.3 Å². The van der Waals surface area contributed by atoms with E-state index in [0.717, 1.165) is 5.56 Å². The molecule has 0 unspecified atom stereocenters. The second kappa shape index (κ2) is 5.03. The van der Waals surface area contributed by atoms with Crippen LogP contribution in [0, 0.1) is 0 Å². The van der Waals surface area contributed by atoms with E-state index in [-0.39, 0.29) is 5.56 Å². The summed E-state index contributed by atoms with van der Waals surface area (Å²) in [6, 6.07) is 5.84. The average molecular weight is 252 g/mol. The molecule has 0 aliphatic carbocycles. The molecule has 1 fully saturated rings. The highest BCUT2D eigenvalue weighted by Crippen LogP contribution is 2.22. The van der Waals surface area contributed by atoms with Crippen LogP contribution in [-0.2, 0) is 6.54 Å². The first kappa shape index (κ1) is 13.0. The van der Waals surface area contributed by atoms with Crippen LogP contribution < -0.4 is 5.73 Å². The number of aliphatic hydroxyl groups is 2. The van der Waals surface area contributed by atoms with Crippen molar-refractivity contribution >= 4 is 5.97 Å². The van der Waals surface area contributed by atoms with E-state index in [0.29, 0.717) is 13.0 Å².